The van der Waals surface area contributed by atoms with Crippen LogP contribution in [0, 0.1) is 0 Å². The highest BCUT2D eigenvalue weighted by atomic mass is 16.7. The molecule has 6 atom stereocenters. The van der Waals surface area contributed by atoms with E-state index >= 15 is 0 Å². The van der Waals surface area contributed by atoms with Gasteiger partial charge in [0.1, 0.15) is 18.8 Å². The number of aliphatic hydroxyl groups is 2. The predicted molar refractivity (Wildman–Crippen MR) is 285 cm³/mol. The summed E-state index contributed by atoms with van der Waals surface area (Å²) in [5.41, 5.74) is 0. The van der Waals surface area contributed by atoms with Gasteiger partial charge in [-0.25, -0.2) is 4.79 Å². The van der Waals surface area contributed by atoms with Gasteiger partial charge >= 0.3 is 23.9 Å². The van der Waals surface area contributed by atoms with E-state index in [0.29, 0.717) is 19.3 Å². The smallest absolute Gasteiger partial charge is 0.335 e. The molecule has 1 heterocycles. The van der Waals surface area contributed by atoms with Gasteiger partial charge in [-0.2, -0.15) is 0 Å². The second-order valence-electron chi connectivity index (χ2n) is 19.2. The zero-order valence-electron chi connectivity index (χ0n) is 44.7. The van der Waals surface area contributed by atoms with Crippen LogP contribution in [0.2, 0.25) is 0 Å². The third-order valence-corrected chi connectivity index (χ3v) is 12.5. The minimum absolute atomic E-state index is 0.0470. The summed E-state index contributed by atoms with van der Waals surface area (Å²) in [6.45, 7) is 5.82. The molecule has 0 aromatic carbocycles. The maximum Gasteiger partial charge on any atom is 0.335 e. The SMILES string of the molecule is CCC/C=C\C/C=C\CCCCCCCC(=O)OCC(COC1OC(C(=O)O)C(O)C(O)C1OC(=O)CCCCCCC/C=C\CCCCCCCC)OC(=O)CCCCCCC/C=C\C/C=C\CCC. The number of esters is 3. The molecule has 12 heteroatoms. The lowest BCUT2D eigenvalue weighted by atomic mass is 9.98. The summed E-state index contributed by atoms with van der Waals surface area (Å²) >= 11 is 0. The van der Waals surface area contributed by atoms with Gasteiger partial charge in [-0.15, -0.1) is 0 Å². The minimum Gasteiger partial charge on any atom is -0.479 e. The van der Waals surface area contributed by atoms with Gasteiger partial charge in [0.15, 0.2) is 24.6 Å². The lowest BCUT2D eigenvalue weighted by molar-refractivity contribution is -0.301. The molecule has 6 unspecified atom stereocenters. The average molecular weight is 1000 g/mol. The number of allylic oxidation sites excluding steroid dienone is 10. The van der Waals surface area contributed by atoms with Crippen LogP contribution in [0.15, 0.2) is 60.8 Å². The Morgan fingerprint density at radius 1 is 0.465 bits per heavy atom. The fourth-order valence-corrected chi connectivity index (χ4v) is 8.14. The van der Waals surface area contributed by atoms with Crippen LogP contribution in [0.4, 0.5) is 0 Å². The van der Waals surface area contributed by atoms with E-state index < -0.39 is 67.3 Å². The van der Waals surface area contributed by atoms with Crippen LogP contribution in [0.5, 0.6) is 0 Å². The van der Waals surface area contributed by atoms with Gasteiger partial charge in [0.2, 0.25) is 0 Å². The zero-order chi connectivity index (χ0) is 51.8. The molecule has 0 aromatic heterocycles. The first-order valence-corrected chi connectivity index (χ1v) is 28.3. The molecule has 1 aliphatic heterocycles. The number of carboxylic acid groups (broad SMARTS) is 1. The molecule has 0 spiro atoms. The van der Waals surface area contributed by atoms with Crippen LogP contribution >= 0.6 is 0 Å². The van der Waals surface area contributed by atoms with E-state index in [1.165, 1.54) is 38.5 Å². The van der Waals surface area contributed by atoms with Gasteiger partial charge in [-0.3, -0.25) is 14.4 Å². The standard InChI is InChI=1S/C59H100O12/c1-4-7-10-13-16-19-22-25-26-29-32-35-38-41-44-47-53(62)70-57-55(64)54(63)56(58(65)66)71-59(57)68-49-50(69-52(61)46-43-40-37-34-31-28-24-21-18-15-12-9-6-3)48-67-51(60)45-42-39-36-33-30-27-23-20-17-14-11-8-5-2/h11-12,14-15,20-21,23-26,50,54-57,59,63-64H,4-10,13,16-19,22,27-49H2,1-3H3,(H,65,66)/b14-11-,15-12-,23-20-,24-21-,26-25-. The van der Waals surface area contributed by atoms with E-state index in [1.54, 1.807) is 0 Å². The van der Waals surface area contributed by atoms with Gasteiger partial charge in [0, 0.05) is 19.3 Å². The molecular formula is C59H100O12. The summed E-state index contributed by atoms with van der Waals surface area (Å²) in [4.78, 5) is 51.0. The molecule has 0 aliphatic carbocycles. The quantitative estimate of drug-likeness (QED) is 0.0228. The Kier molecular flexibility index (Phi) is 43.7. The number of hydrogen-bond acceptors (Lipinski definition) is 11. The van der Waals surface area contributed by atoms with Crippen molar-refractivity contribution in [1.82, 2.24) is 0 Å². The molecule has 1 fully saturated rings. The molecule has 0 amide bonds. The van der Waals surface area contributed by atoms with Crippen molar-refractivity contribution in [1.29, 1.82) is 0 Å². The summed E-state index contributed by atoms with van der Waals surface area (Å²) in [7, 11) is 0. The van der Waals surface area contributed by atoms with Crippen LogP contribution in [-0.2, 0) is 42.9 Å². The Morgan fingerprint density at radius 3 is 1.34 bits per heavy atom. The molecule has 0 aromatic rings. The second-order valence-corrected chi connectivity index (χ2v) is 19.2. The number of unbranched alkanes of at least 4 members (excludes halogenated alkanes) is 23. The van der Waals surface area contributed by atoms with Gasteiger partial charge < -0.3 is 39.0 Å². The second kappa shape index (κ2) is 47.4. The molecular weight excluding hydrogens is 901 g/mol. The van der Waals surface area contributed by atoms with Crippen molar-refractivity contribution < 1.29 is 58.2 Å². The minimum atomic E-state index is -1.91. The first-order valence-electron chi connectivity index (χ1n) is 28.3. The van der Waals surface area contributed by atoms with Gasteiger partial charge in [0.25, 0.3) is 0 Å². The molecule has 1 saturated heterocycles. The van der Waals surface area contributed by atoms with Crippen molar-refractivity contribution in [2.45, 2.75) is 276 Å². The summed E-state index contributed by atoms with van der Waals surface area (Å²) in [5.74, 6) is -3.16. The maximum atomic E-state index is 13.1. The Labute approximate surface area is 430 Å². The number of carbonyl (C=O) groups excluding carboxylic acids is 3. The summed E-state index contributed by atoms with van der Waals surface area (Å²) in [6.07, 6.45) is 44.8. The molecule has 0 saturated carbocycles. The molecule has 408 valence electrons. The Morgan fingerprint density at radius 2 is 0.873 bits per heavy atom. The number of aliphatic hydroxyl groups excluding tert-OH is 2. The van der Waals surface area contributed by atoms with Crippen molar-refractivity contribution in [2.24, 2.45) is 0 Å². The molecule has 3 N–H and O–H groups in total. The summed E-state index contributed by atoms with van der Waals surface area (Å²) in [5, 5.41) is 31.4. The van der Waals surface area contributed by atoms with Crippen molar-refractivity contribution >= 4 is 23.9 Å². The Bertz CT molecular complexity index is 1470. The zero-order valence-corrected chi connectivity index (χ0v) is 44.7. The lowest BCUT2D eigenvalue weighted by Crippen LogP contribution is -2.61. The molecule has 71 heavy (non-hydrogen) atoms. The monoisotopic (exact) mass is 1000 g/mol. The number of carboxylic acids is 1. The number of hydrogen-bond donors (Lipinski definition) is 3. The fraction of sp³-hybridized carbons (Fsp3) is 0.763. The number of aliphatic carboxylic acids is 1. The highest BCUT2D eigenvalue weighted by Gasteiger charge is 2.50. The Hall–Kier alpha value is -3.58. The average Bonchev–Trinajstić information content (AvgIpc) is 3.35. The van der Waals surface area contributed by atoms with Crippen LogP contribution in [0.1, 0.15) is 239 Å². The molecule has 0 bridgehead atoms. The summed E-state index contributed by atoms with van der Waals surface area (Å²) in [6, 6.07) is 0. The van der Waals surface area contributed by atoms with Crippen molar-refractivity contribution in [3.05, 3.63) is 60.8 Å². The topological polar surface area (TPSA) is 175 Å². The van der Waals surface area contributed by atoms with E-state index in [9.17, 15) is 34.5 Å². The predicted octanol–water partition coefficient (Wildman–Crippen LogP) is 14.0. The van der Waals surface area contributed by atoms with E-state index in [0.717, 1.165) is 141 Å². The lowest BCUT2D eigenvalue weighted by Gasteiger charge is -2.40. The number of rotatable bonds is 47. The van der Waals surface area contributed by atoms with E-state index in [-0.39, 0.29) is 25.9 Å². The third-order valence-electron chi connectivity index (χ3n) is 12.5. The van der Waals surface area contributed by atoms with Crippen molar-refractivity contribution in [3.8, 4) is 0 Å². The van der Waals surface area contributed by atoms with E-state index in [4.69, 9.17) is 23.7 Å². The third kappa shape index (κ3) is 37.8. The van der Waals surface area contributed by atoms with Crippen LogP contribution in [-0.4, -0.2) is 89.2 Å². The normalized spacial score (nSPS) is 18.9. The molecule has 1 rings (SSSR count). The largest absolute Gasteiger partial charge is 0.479 e. The number of ether oxygens (including phenoxy) is 5. The van der Waals surface area contributed by atoms with Gasteiger partial charge in [-0.05, 0) is 96.3 Å². The number of carbonyl (C=O) groups is 4. The van der Waals surface area contributed by atoms with Crippen LogP contribution in [0.25, 0.3) is 0 Å². The Balaban J connectivity index is 2.73. The fourth-order valence-electron chi connectivity index (χ4n) is 8.14. The molecule has 12 nitrogen and oxygen atoms in total. The first kappa shape index (κ1) is 65.4. The van der Waals surface area contributed by atoms with Crippen molar-refractivity contribution in [2.75, 3.05) is 13.2 Å². The summed E-state index contributed by atoms with van der Waals surface area (Å²) < 4.78 is 28.3. The van der Waals surface area contributed by atoms with Crippen LogP contribution < -0.4 is 0 Å². The van der Waals surface area contributed by atoms with Gasteiger partial charge in [-0.1, -0.05) is 184 Å². The van der Waals surface area contributed by atoms with Crippen molar-refractivity contribution in [3.63, 3.8) is 0 Å². The first-order chi connectivity index (χ1) is 34.6. The molecule has 0 radical (unpaired) electrons. The van der Waals surface area contributed by atoms with Gasteiger partial charge in [0.05, 0.1) is 6.61 Å². The van der Waals surface area contributed by atoms with E-state index in [1.807, 2.05) is 0 Å². The molecule has 1 aliphatic rings. The highest BCUT2D eigenvalue weighted by molar-refractivity contribution is 5.74. The highest BCUT2D eigenvalue weighted by Crippen LogP contribution is 2.26. The van der Waals surface area contributed by atoms with Crippen LogP contribution in [0.3, 0.4) is 0 Å². The van der Waals surface area contributed by atoms with E-state index in [2.05, 4.69) is 81.5 Å². The maximum absolute atomic E-state index is 13.1.